The van der Waals surface area contributed by atoms with E-state index in [1.807, 2.05) is 0 Å². The number of carboxylic acids is 1. The highest BCUT2D eigenvalue weighted by Gasteiger charge is 2.08. The van der Waals surface area contributed by atoms with Gasteiger partial charge in [0.1, 0.15) is 5.75 Å². The van der Waals surface area contributed by atoms with Gasteiger partial charge in [0, 0.05) is 17.3 Å². The van der Waals surface area contributed by atoms with E-state index < -0.39 is 5.97 Å². The van der Waals surface area contributed by atoms with Gasteiger partial charge in [-0.3, -0.25) is 0 Å². The van der Waals surface area contributed by atoms with Crippen molar-refractivity contribution in [3.8, 4) is 11.6 Å². The standard InChI is InChI=1S/C12H7Cl2NO3/c13-8-1-2-10(9(14)6-8)18-11-5-7(12(16)17)3-4-15-11/h1-6H,(H,16,17). The van der Waals surface area contributed by atoms with Crippen molar-refractivity contribution in [3.63, 3.8) is 0 Å². The maximum absolute atomic E-state index is 10.8. The molecule has 0 atom stereocenters. The van der Waals surface area contributed by atoms with Gasteiger partial charge in [-0.05, 0) is 24.3 Å². The van der Waals surface area contributed by atoms with E-state index in [0.29, 0.717) is 15.8 Å². The third kappa shape index (κ3) is 2.91. The molecule has 4 nitrogen and oxygen atoms in total. The molecule has 0 aliphatic rings. The average molecular weight is 284 g/mol. The number of aromatic carboxylic acids is 1. The van der Waals surface area contributed by atoms with Gasteiger partial charge in [-0.15, -0.1) is 0 Å². The zero-order valence-electron chi connectivity index (χ0n) is 8.93. The first-order valence-corrected chi connectivity index (χ1v) is 5.64. The Hall–Kier alpha value is -1.78. The molecule has 0 aliphatic carbocycles. The molecule has 92 valence electrons. The Morgan fingerprint density at radius 1 is 1.22 bits per heavy atom. The van der Waals surface area contributed by atoms with Crippen molar-refractivity contribution < 1.29 is 14.6 Å². The molecule has 0 radical (unpaired) electrons. The molecule has 0 amide bonds. The molecule has 0 aliphatic heterocycles. The van der Waals surface area contributed by atoms with Crippen LogP contribution in [0.15, 0.2) is 36.5 Å². The number of nitrogens with zero attached hydrogens (tertiary/aromatic N) is 1. The molecule has 18 heavy (non-hydrogen) atoms. The quantitative estimate of drug-likeness (QED) is 0.929. The summed E-state index contributed by atoms with van der Waals surface area (Å²) < 4.78 is 5.39. The monoisotopic (exact) mass is 283 g/mol. The molecule has 0 saturated heterocycles. The van der Waals surface area contributed by atoms with Gasteiger partial charge in [0.05, 0.1) is 10.6 Å². The zero-order chi connectivity index (χ0) is 13.1. The lowest BCUT2D eigenvalue weighted by atomic mass is 10.3. The number of hydrogen-bond donors (Lipinski definition) is 1. The third-order valence-electron chi connectivity index (χ3n) is 2.09. The van der Waals surface area contributed by atoms with Crippen molar-refractivity contribution in [3.05, 3.63) is 52.1 Å². The Bertz CT molecular complexity index is 602. The molecule has 0 saturated carbocycles. The topological polar surface area (TPSA) is 59.4 Å². The van der Waals surface area contributed by atoms with Crippen LogP contribution in [0.2, 0.25) is 10.0 Å². The molecule has 0 fully saturated rings. The Morgan fingerprint density at radius 2 is 2.00 bits per heavy atom. The van der Waals surface area contributed by atoms with Crippen LogP contribution < -0.4 is 4.74 Å². The number of halogens is 2. The molecule has 1 heterocycles. The van der Waals surface area contributed by atoms with E-state index in [1.54, 1.807) is 12.1 Å². The minimum atomic E-state index is -1.05. The minimum Gasteiger partial charge on any atom is -0.478 e. The number of aromatic nitrogens is 1. The second kappa shape index (κ2) is 5.25. The smallest absolute Gasteiger partial charge is 0.335 e. The van der Waals surface area contributed by atoms with Gasteiger partial charge in [0.25, 0.3) is 0 Å². The number of carbonyl (C=O) groups is 1. The van der Waals surface area contributed by atoms with E-state index >= 15 is 0 Å². The molecule has 0 spiro atoms. The van der Waals surface area contributed by atoms with Crippen LogP contribution in [0.3, 0.4) is 0 Å². The van der Waals surface area contributed by atoms with Crippen molar-refractivity contribution in [2.24, 2.45) is 0 Å². The van der Waals surface area contributed by atoms with Gasteiger partial charge >= 0.3 is 5.97 Å². The lowest BCUT2D eigenvalue weighted by Gasteiger charge is -2.07. The van der Waals surface area contributed by atoms with E-state index in [1.165, 1.54) is 24.4 Å². The molecule has 2 aromatic rings. The van der Waals surface area contributed by atoms with Crippen molar-refractivity contribution in [1.29, 1.82) is 0 Å². The summed E-state index contributed by atoms with van der Waals surface area (Å²) in [6.07, 6.45) is 1.35. The van der Waals surface area contributed by atoms with E-state index in [9.17, 15) is 4.79 Å². The molecule has 1 aromatic heterocycles. The molecular weight excluding hydrogens is 277 g/mol. The van der Waals surface area contributed by atoms with Crippen molar-refractivity contribution in [2.75, 3.05) is 0 Å². The highest BCUT2D eigenvalue weighted by molar-refractivity contribution is 6.35. The number of benzene rings is 1. The Balaban J connectivity index is 2.28. The lowest BCUT2D eigenvalue weighted by molar-refractivity contribution is 0.0696. The van der Waals surface area contributed by atoms with Crippen LogP contribution in [0.5, 0.6) is 11.6 Å². The summed E-state index contributed by atoms with van der Waals surface area (Å²) in [5.41, 5.74) is 0.0880. The SMILES string of the molecule is O=C(O)c1ccnc(Oc2ccc(Cl)cc2Cl)c1. The predicted octanol–water partition coefficient (Wildman–Crippen LogP) is 3.88. The number of rotatable bonds is 3. The van der Waals surface area contributed by atoms with Gasteiger partial charge < -0.3 is 9.84 Å². The number of ether oxygens (including phenoxy) is 1. The molecule has 1 N–H and O–H groups in total. The highest BCUT2D eigenvalue weighted by atomic mass is 35.5. The van der Waals surface area contributed by atoms with Crippen molar-refractivity contribution >= 4 is 29.2 Å². The molecular formula is C12H7Cl2NO3. The highest BCUT2D eigenvalue weighted by Crippen LogP contribution is 2.30. The predicted molar refractivity (Wildman–Crippen MR) is 67.7 cm³/mol. The van der Waals surface area contributed by atoms with E-state index in [4.69, 9.17) is 33.0 Å². The van der Waals surface area contributed by atoms with Crippen LogP contribution in [0.25, 0.3) is 0 Å². The summed E-state index contributed by atoms with van der Waals surface area (Å²) in [7, 11) is 0. The summed E-state index contributed by atoms with van der Waals surface area (Å²) in [5, 5.41) is 9.65. The number of hydrogen-bond acceptors (Lipinski definition) is 3. The van der Waals surface area contributed by atoms with Gasteiger partial charge in [-0.25, -0.2) is 9.78 Å². The van der Waals surface area contributed by atoms with Crippen LogP contribution in [0.4, 0.5) is 0 Å². The summed E-state index contributed by atoms with van der Waals surface area (Å²) in [6.45, 7) is 0. The van der Waals surface area contributed by atoms with Gasteiger partial charge in [0.2, 0.25) is 5.88 Å². The van der Waals surface area contributed by atoms with Gasteiger partial charge in [0.15, 0.2) is 0 Å². The Kier molecular flexibility index (Phi) is 3.69. The number of carboxylic acid groups (broad SMARTS) is 1. The summed E-state index contributed by atoms with van der Waals surface area (Å²) in [4.78, 5) is 14.7. The average Bonchev–Trinajstić information content (AvgIpc) is 2.33. The molecule has 0 bridgehead atoms. The first-order chi connectivity index (χ1) is 8.56. The van der Waals surface area contributed by atoms with E-state index in [-0.39, 0.29) is 11.4 Å². The largest absolute Gasteiger partial charge is 0.478 e. The lowest BCUT2D eigenvalue weighted by Crippen LogP contribution is -1.97. The van der Waals surface area contributed by atoms with Crippen LogP contribution >= 0.6 is 23.2 Å². The molecule has 6 heteroatoms. The zero-order valence-corrected chi connectivity index (χ0v) is 10.4. The van der Waals surface area contributed by atoms with Crippen molar-refractivity contribution in [1.82, 2.24) is 4.98 Å². The second-order valence-electron chi connectivity index (χ2n) is 3.36. The molecule has 2 rings (SSSR count). The fourth-order valence-electron chi connectivity index (χ4n) is 1.27. The van der Waals surface area contributed by atoms with Gasteiger partial charge in [-0.2, -0.15) is 0 Å². The maximum Gasteiger partial charge on any atom is 0.335 e. The summed E-state index contributed by atoms with van der Waals surface area (Å²) >= 11 is 11.7. The third-order valence-corrected chi connectivity index (χ3v) is 2.62. The van der Waals surface area contributed by atoms with E-state index in [0.717, 1.165) is 0 Å². The van der Waals surface area contributed by atoms with Crippen LogP contribution in [-0.2, 0) is 0 Å². The van der Waals surface area contributed by atoms with Gasteiger partial charge in [-0.1, -0.05) is 23.2 Å². The second-order valence-corrected chi connectivity index (χ2v) is 4.21. The minimum absolute atomic E-state index is 0.0880. The fourth-order valence-corrected chi connectivity index (χ4v) is 1.72. The summed E-state index contributed by atoms with van der Waals surface area (Å²) in [6, 6.07) is 7.41. The first kappa shape index (κ1) is 12.7. The normalized spacial score (nSPS) is 10.1. The van der Waals surface area contributed by atoms with Crippen LogP contribution in [0, 0.1) is 0 Å². The van der Waals surface area contributed by atoms with E-state index in [2.05, 4.69) is 4.98 Å². The summed E-state index contributed by atoms with van der Waals surface area (Å²) in [5.74, 6) is -0.542. The molecule has 0 unspecified atom stereocenters. The molecule has 1 aromatic carbocycles. The first-order valence-electron chi connectivity index (χ1n) is 4.88. The maximum atomic E-state index is 10.8. The number of pyridine rings is 1. The van der Waals surface area contributed by atoms with Crippen LogP contribution in [0.1, 0.15) is 10.4 Å². The van der Waals surface area contributed by atoms with Crippen LogP contribution in [-0.4, -0.2) is 16.1 Å². The Morgan fingerprint density at radius 3 is 2.67 bits per heavy atom. The Labute approximate surface area is 113 Å². The fraction of sp³-hybridized carbons (Fsp3) is 0. The van der Waals surface area contributed by atoms with Crippen molar-refractivity contribution in [2.45, 2.75) is 0 Å².